The Morgan fingerprint density at radius 3 is 2.47 bits per heavy atom. The lowest BCUT2D eigenvalue weighted by Crippen LogP contribution is -2.34. The minimum absolute atomic E-state index is 0.0900. The molecule has 0 saturated carbocycles. The second-order valence-electron chi connectivity index (χ2n) is 5.22. The van der Waals surface area contributed by atoms with Crippen LogP contribution in [0.5, 0.6) is 5.75 Å². The molecule has 0 fully saturated rings. The van der Waals surface area contributed by atoms with Gasteiger partial charge in [-0.05, 0) is 44.9 Å². The first-order valence-corrected chi connectivity index (χ1v) is 6.22. The van der Waals surface area contributed by atoms with E-state index >= 15 is 0 Å². The number of ketones is 1. The van der Waals surface area contributed by atoms with Gasteiger partial charge in [-0.3, -0.25) is 9.59 Å². The molecule has 0 saturated heterocycles. The fourth-order valence-electron chi connectivity index (χ4n) is 1.55. The maximum atomic E-state index is 11.8. The molecule has 0 aliphatic heterocycles. The Morgan fingerprint density at radius 1 is 1.26 bits per heavy atom. The van der Waals surface area contributed by atoms with Crippen molar-refractivity contribution in [2.45, 2.75) is 34.1 Å². The number of carboxylic acids is 1. The van der Waals surface area contributed by atoms with Crippen LogP contribution in [0.2, 0.25) is 0 Å². The smallest absolute Gasteiger partial charge is 0.316 e. The molecule has 0 aromatic heterocycles. The first-order chi connectivity index (χ1) is 8.75. The van der Waals surface area contributed by atoms with E-state index in [0.717, 1.165) is 16.9 Å². The normalized spacial score (nSPS) is 11.2. The maximum absolute atomic E-state index is 11.8. The summed E-state index contributed by atoms with van der Waals surface area (Å²) in [5.41, 5.74) is 0.721. The summed E-state index contributed by atoms with van der Waals surface area (Å²) in [5.74, 6) is -0.699. The molecule has 19 heavy (non-hydrogen) atoms. The van der Waals surface area contributed by atoms with Crippen molar-refractivity contribution in [1.29, 1.82) is 0 Å². The largest absolute Gasteiger partial charge is 0.493 e. The number of hydrogen-bond acceptors (Lipinski definition) is 3. The Balaban J connectivity index is 2.58. The van der Waals surface area contributed by atoms with Crippen molar-refractivity contribution < 1.29 is 19.4 Å². The van der Waals surface area contributed by atoms with E-state index in [4.69, 9.17) is 9.84 Å². The molecular weight excluding hydrogens is 244 g/mol. The molecule has 0 bridgehead atoms. The predicted molar refractivity (Wildman–Crippen MR) is 72.5 cm³/mol. The van der Waals surface area contributed by atoms with Crippen LogP contribution in [-0.4, -0.2) is 23.5 Å². The molecule has 4 nitrogen and oxygen atoms in total. The van der Waals surface area contributed by atoms with Gasteiger partial charge in [0.15, 0.2) is 5.78 Å². The SMILES string of the molecule is Cc1ccc(C)c(OCCC(=O)C(C)(C)C(=O)O)c1. The number of carbonyl (C=O) groups excluding carboxylic acids is 1. The van der Waals surface area contributed by atoms with E-state index < -0.39 is 11.4 Å². The molecule has 1 rings (SSSR count). The third-order valence-electron chi connectivity index (χ3n) is 3.16. The van der Waals surface area contributed by atoms with Crippen molar-refractivity contribution in [2.75, 3.05) is 6.61 Å². The summed E-state index contributed by atoms with van der Waals surface area (Å²) < 4.78 is 5.55. The van der Waals surface area contributed by atoms with Gasteiger partial charge in [0.1, 0.15) is 11.2 Å². The van der Waals surface area contributed by atoms with Crippen molar-refractivity contribution in [3.63, 3.8) is 0 Å². The van der Waals surface area contributed by atoms with Crippen LogP contribution in [0.25, 0.3) is 0 Å². The van der Waals surface area contributed by atoms with Crippen LogP contribution in [0.15, 0.2) is 18.2 Å². The van der Waals surface area contributed by atoms with E-state index in [1.165, 1.54) is 13.8 Å². The summed E-state index contributed by atoms with van der Waals surface area (Å²) in [6, 6.07) is 5.84. The average Bonchev–Trinajstić information content (AvgIpc) is 2.33. The third-order valence-corrected chi connectivity index (χ3v) is 3.16. The Kier molecular flexibility index (Phi) is 4.70. The zero-order valence-corrected chi connectivity index (χ0v) is 11.8. The number of aliphatic carboxylic acids is 1. The van der Waals surface area contributed by atoms with E-state index in [1.54, 1.807) is 0 Å². The van der Waals surface area contributed by atoms with Gasteiger partial charge < -0.3 is 9.84 Å². The van der Waals surface area contributed by atoms with E-state index in [2.05, 4.69) is 0 Å². The van der Waals surface area contributed by atoms with Gasteiger partial charge in [0.2, 0.25) is 0 Å². The molecule has 1 aromatic rings. The fourth-order valence-corrected chi connectivity index (χ4v) is 1.55. The molecule has 0 unspecified atom stereocenters. The number of aryl methyl sites for hydroxylation is 2. The molecule has 1 N–H and O–H groups in total. The first-order valence-electron chi connectivity index (χ1n) is 6.22. The number of ether oxygens (including phenoxy) is 1. The topological polar surface area (TPSA) is 63.6 Å². The predicted octanol–water partition coefficient (Wildman–Crippen LogP) is 2.75. The molecule has 0 spiro atoms. The van der Waals surface area contributed by atoms with Crippen molar-refractivity contribution in [2.24, 2.45) is 5.41 Å². The van der Waals surface area contributed by atoms with Crippen molar-refractivity contribution in [1.82, 2.24) is 0 Å². The molecule has 0 atom stereocenters. The van der Waals surface area contributed by atoms with Crippen LogP contribution in [-0.2, 0) is 9.59 Å². The second-order valence-corrected chi connectivity index (χ2v) is 5.22. The molecule has 0 radical (unpaired) electrons. The lowest BCUT2D eigenvalue weighted by molar-refractivity contribution is -0.152. The molecule has 4 heteroatoms. The van der Waals surface area contributed by atoms with Gasteiger partial charge in [0.05, 0.1) is 6.61 Å². The van der Waals surface area contributed by atoms with Crippen LogP contribution >= 0.6 is 0 Å². The average molecular weight is 264 g/mol. The highest BCUT2D eigenvalue weighted by atomic mass is 16.5. The molecule has 0 aliphatic rings. The fraction of sp³-hybridized carbons (Fsp3) is 0.467. The van der Waals surface area contributed by atoms with Gasteiger partial charge in [-0.1, -0.05) is 12.1 Å². The highest BCUT2D eigenvalue weighted by molar-refractivity contribution is 6.02. The summed E-state index contributed by atoms with van der Waals surface area (Å²) in [7, 11) is 0. The summed E-state index contributed by atoms with van der Waals surface area (Å²) in [4.78, 5) is 22.7. The summed E-state index contributed by atoms with van der Waals surface area (Å²) in [6.45, 7) is 6.91. The van der Waals surface area contributed by atoms with Gasteiger partial charge in [-0.2, -0.15) is 0 Å². The third kappa shape index (κ3) is 3.81. The molecule has 1 aromatic carbocycles. The second kappa shape index (κ2) is 5.87. The maximum Gasteiger partial charge on any atom is 0.316 e. The summed E-state index contributed by atoms with van der Waals surface area (Å²) >= 11 is 0. The minimum atomic E-state index is -1.36. The van der Waals surface area contributed by atoms with E-state index in [0.29, 0.717) is 0 Å². The Labute approximate surface area is 113 Å². The molecule has 104 valence electrons. The van der Waals surface area contributed by atoms with E-state index in [9.17, 15) is 9.59 Å². The molecule has 0 amide bonds. The number of rotatable bonds is 6. The van der Waals surface area contributed by atoms with Crippen molar-refractivity contribution in [3.05, 3.63) is 29.3 Å². The quantitative estimate of drug-likeness (QED) is 0.802. The standard InChI is InChI=1S/C15H20O4/c1-10-5-6-11(2)12(9-10)19-8-7-13(16)15(3,4)14(17)18/h5-6,9H,7-8H2,1-4H3,(H,17,18). The zero-order chi connectivity index (χ0) is 14.6. The number of benzene rings is 1. The number of carboxylic acid groups (broad SMARTS) is 1. The number of Topliss-reactive ketones (excluding diaryl/α,β-unsaturated/α-hetero) is 1. The first kappa shape index (κ1) is 15.2. The lowest BCUT2D eigenvalue weighted by atomic mass is 9.87. The van der Waals surface area contributed by atoms with Gasteiger partial charge in [-0.25, -0.2) is 0 Å². The van der Waals surface area contributed by atoms with Gasteiger partial charge in [0, 0.05) is 6.42 Å². The van der Waals surface area contributed by atoms with Gasteiger partial charge in [-0.15, -0.1) is 0 Å². The minimum Gasteiger partial charge on any atom is -0.493 e. The van der Waals surface area contributed by atoms with Crippen LogP contribution in [0.3, 0.4) is 0 Å². The summed E-state index contributed by atoms with van der Waals surface area (Å²) in [6.07, 6.45) is 0.0900. The lowest BCUT2D eigenvalue weighted by Gasteiger charge is -2.17. The molecular formula is C15H20O4. The highest BCUT2D eigenvalue weighted by Crippen LogP contribution is 2.21. The van der Waals surface area contributed by atoms with Crippen LogP contribution in [0.1, 0.15) is 31.4 Å². The Hall–Kier alpha value is -1.84. The van der Waals surface area contributed by atoms with Crippen LogP contribution in [0, 0.1) is 19.3 Å². The molecule has 0 heterocycles. The van der Waals surface area contributed by atoms with Crippen LogP contribution in [0.4, 0.5) is 0 Å². The highest BCUT2D eigenvalue weighted by Gasteiger charge is 2.35. The van der Waals surface area contributed by atoms with Crippen LogP contribution < -0.4 is 4.74 Å². The number of hydrogen-bond donors (Lipinski definition) is 1. The van der Waals surface area contributed by atoms with Crippen molar-refractivity contribution >= 4 is 11.8 Å². The zero-order valence-electron chi connectivity index (χ0n) is 11.8. The Bertz CT molecular complexity index is 489. The monoisotopic (exact) mass is 264 g/mol. The van der Waals surface area contributed by atoms with Gasteiger partial charge >= 0.3 is 5.97 Å². The summed E-state index contributed by atoms with van der Waals surface area (Å²) in [5, 5.41) is 8.95. The Morgan fingerprint density at radius 2 is 1.89 bits per heavy atom. The van der Waals surface area contributed by atoms with E-state index in [-0.39, 0.29) is 18.8 Å². The number of carbonyl (C=O) groups is 2. The van der Waals surface area contributed by atoms with E-state index in [1.807, 2.05) is 32.0 Å². The van der Waals surface area contributed by atoms with Gasteiger partial charge in [0.25, 0.3) is 0 Å². The van der Waals surface area contributed by atoms with Crippen molar-refractivity contribution in [3.8, 4) is 5.75 Å². The molecule has 0 aliphatic carbocycles.